The number of hydrogen-bond donors (Lipinski definition) is 2. The second kappa shape index (κ2) is 10.00. The Morgan fingerprint density at radius 1 is 1.32 bits per heavy atom. The predicted octanol–water partition coefficient (Wildman–Crippen LogP) is 3.08. The Morgan fingerprint density at radius 2 is 2.08 bits per heavy atom. The van der Waals surface area contributed by atoms with Gasteiger partial charge in [-0.1, -0.05) is 18.6 Å². The molecule has 3 rings (SSSR count). The number of aromatic nitrogens is 2. The molecule has 5 nitrogen and oxygen atoms in total. The standard InChI is InChI=1S/C18H26N4O.2ClH/c1-2-22-16-9-4-3-8-15(16)21-17(22)10-11-20-18(23)13-6-5-7-14(19)12-13;;/h3-4,8-9,13-14H,2,5-7,10-12,19H2,1H3,(H,20,23);2*1H. The third-order valence-electron chi connectivity index (χ3n) is 4.78. The van der Waals surface area contributed by atoms with Crippen LogP contribution in [0.1, 0.15) is 38.4 Å². The third kappa shape index (κ3) is 5.09. The van der Waals surface area contributed by atoms with Gasteiger partial charge in [0.15, 0.2) is 0 Å². The quantitative estimate of drug-likeness (QED) is 0.828. The van der Waals surface area contributed by atoms with Crippen LogP contribution in [0.3, 0.4) is 0 Å². The molecule has 0 aliphatic heterocycles. The van der Waals surface area contributed by atoms with Crippen molar-refractivity contribution >= 4 is 41.8 Å². The van der Waals surface area contributed by atoms with E-state index in [9.17, 15) is 4.79 Å². The maximum atomic E-state index is 12.3. The molecule has 7 heteroatoms. The number of benzene rings is 1. The lowest BCUT2D eigenvalue weighted by Gasteiger charge is -2.25. The van der Waals surface area contributed by atoms with Gasteiger partial charge in [-0.2, -0.15) is 0 Å². The second-order valence-corrected chi connectivity index (χ2v) is 6.43. The summed E-state index contributed by atoms with van der Waals surface area (Å²) in [5, 5.41) is 3.07. The van der Waals surface area contributed by atoms with Crippen molar-refractivity contribution < 1.29 is 4.79 Å². The predicted molar refractivity (Wildman–Crippen MR) is 107 cm³/mol. The van der Waals surface area contributed by atoms with Crippen LogP contribution in [0.25, 0.3) is 11.0 Å². The van der Waals surface area contributed by atoms with Crippen LogP contribution < -0.4 is 11.1 Å². The molecule has 0 saturated heterocycles. The number of carbonyl (C=O) groups is 1. The van der Waals surface area contributed by atoms with E-state index in [-0.39, 0.29) is 42.7 Å². The molecule has 1 heterocycles. The Kier molecular flexibility index (Phi) is 8.69. The zero-order valence-corrected chi connectivity index (χ0v) is 16.2. The molecule has 140 valence electrons. The first-order chi connectivity index (χ1) is 11.2. The molecule has 1 aliphatic carbocycles. The average Bonchev–Trinajstić information content (AvgIpc) is 2.92. The molecule has 2 atom stereocenters. The number of imidazole rings is 1. The third-order valence-corrected chi connectivity index (χ3v) is 4.78. The minimum atomic E-state index is 0. The van der Waals surface area contributed by atoms with E-state index in [1.807, 2.05) is 18.2 Å². The fourth-order valence-corrected chi connectivity index (χ4v) is 3.58. The largest absolute Gasteiger partial charge is 0.355 e. The van der Waals surface area contributed by atoms with Crippen LogP contribution in [-0.2, 0) is 17.8 Å². The van der Waals surface area contributed by atoms with Crippen LogP contribution >= 0.6 is 24.8 Å². The van der Waals surface area contributed by atoms with Crippen molar-refractivity contribution in [3.05, 3.63) is 30.1 Å². The van der Waals surface area contributed by atoms with Gasteiger partial charge >= 0.3 is 0 Å². The number of hydrogen-bond acceptors (Lipinski definition) is 3. The van der Waals surface area contributed by atoms with Crippen molar-refractivity contribution in [2.75, 3.05) is 6.54 Å². The number of nitrogens with zero attached hydrogens (tertiary/aromatic N) is 2. The molecule has 0 radical (unpaired) electrons. The average molecular weight is 387 g/mol. The number of nitrogens with two attached hydrogens (primary N) is 1. The van der Waals surface area contributed by atoms with E-state index in [2.05, 4.69) is 22.9 Å². The Morgan fingerprint density at radius 3 is 2.80 bits per heavy atom. The highest BCUT2D eigenvalue weighted by atomic mass is 35.5. The van der Waals surface area contributed by atoms with Gasteiger partial charge in [0.25, 0.3) is 0 Å². The summed E-state index contributed by atoms with van der Waals surface area (Å²) >= 11 is 0. The molecular formula is C18H28Cl2N4O. The van der Waals surface area contributed by atoms with E-state index in [1.165, 1.54) is 0 Å². The molecule has 0 bridgehead atoms. The van der Waals surface area contributed by atoms with Gasteiger partial charge in [-0.25, -0.2) is 4.98 Å². The molecule has 1 aromatic carbocycles. The molecular weight excluding hydrogens is 359 g/mol. The fraction of sp³-hybridized carbons (Fsp3) is 0.556. The van der Waals surface area contributed by atoms with Crippen LogP contribution in [0.2, 0.25) is 0 Å². The van der Waals surface area contributed by atoms with Crippen LogP contribution in [0, 0.1) is 5.92 Å². The lowest BCUT2D eigenvalue weighted by Crippen LogP contribution is -2.38. The number of nitrogens with one attached hydrogen (secondary N) is 1. The SMILES string of the molecule is CCn1c(CCNC(=O)C2CCCC(N)C2)nc2ccccc21.Cl.Cl. The summed E-state index contributed by atoms with van der Waals surface area (Å²) in [4.78, 5) is 17.0. The Hall–Kier alpha value is -1.30. The van der Waals surface area contributed by atoms with Crippen molar-refractivity contribution in [1.29, 1.82) is 0 Å². The first-order valence-corrected chi connectivity index (χ1v) is 8.66. The molecule has 1 fully saturated rings. The molecule has 25 heavy (non-hydrogen) atoms. The zero-order valence-electron chi connectivity index (χ0n) is 14.6. The number of halogens is 2. The Balaban J connectivity index is 0.00000156. The van der Waals surface area contributed by atoms with Gasteiger partial charge in [-0.3, -0.25) is 4.79 Å². The number of carbonyl (C=O) groups excluding carboxylic acids is 1. The summed E-state index contributed by atoms with van der Waals surface area (Å²) in [6.07, 6.45) is 4.65. The Bertz CT molecular complexity index is 689. The fourth-order valence-electron chi connectivity index (χ4n) is 3.58. The second-order valence-electron chi connectivity index (χ2n) is 6.43. The minimum absolute atomic E-state index is 0. The summed E-state index contributed by atoms with van der Waals surface area (Å²) in [5.41, 5.74) is 8.15. The van der Waals surface area contributed by atoms with Gasteiger partial charge in [-0.05, 0) is 38.3 Å². The number of aryl methyl sites for hydroxylation is 1. The normalized spacial score (nSPS) is 19.8. The highest BCUT2D eigenvalue weighted by molar-refractivity contribution is 5.85. The van der Waals surface area contributed by atoms with E-state index >= 15 is 0 Å². The minimum Gasteiger partial charge on any atom is -0.355 e. The smallest absolute Gasteiger partial charge is 0.223 e. The maximum absolute atomic E-state index is 12.3. The first-order valence-electron chi connectivity index (χ1n) is 8.66. The summed E-state index contributed by atoms with van der Waals surface area (Å²) < 4.78 is 2.22. The number of para-hydroxylation sites is 2. The highest BCUT2D eigenvalue weighted by Crippen LogP contribution is 2.23. The van der Waals surface area contributed by atoms with Gasteiger partial charge in [0, 0.05) is 31.5 Å². The molecule has 2 unspecified atom stereocenters. The van der Waals surface area contributed by atoms with Crippen LogP contribution in [0.4, 0.5) is 0 Å². The number of amides is 1. The molecule has 1 aliphatic rings. The van der Waals surface area contributed by atoms with Crippen molar-refractivity contribution in [1.82, 2.24) is 14.9 Å². The van der Waals surface area contributed by atoms with Crippen molar-refractivity contribution in [3.8, 4) is 0 Å². The number of rotatable bonds is 5. The summed E-state index contributed by atoms with van der Waals surface area (Å²) in [6, 6.07) is 8.36. The van der Waals surface area contributed by atoms with Crippen LogP contribution in [-0.4, -0.2) is 28.0 Å². The van der Waals surface area contributed by atoms with Gasteiger partial charge in [0.2, 0.25) is 5.91 Å². The molecule has 2 aromatic rings. The van der Waals surface area contributed by atoms with E-state index in [4.69, 9.17) is 10.7 Å². The summed E-state index contributed by atoms with van der Waals surface area (Å²) in [7, 11) is 0. The highest BCUT2D eigenvalue weighted by Gasteiger charge is 2.25. The molecule has 1 amide bonds. The van der Waals surface area contributed by atoms with E-state index in [1.54, 1.807) is 0 Å². The van der Waals surface area contributed by atoms with Gasteiger partial charge in [0.05, 0.1) is 11.0 Å². The topological polar surface area (TPSA) is 72.9 Å². The van der Waals surface area contributed by atoms with E-state index < -0.39 is 0 Å². The van der Waals surface area contributed by atoms with E-state index in [0.29, 0.717) is 6.54 Å². The molecule has 1 aromatic heterocycles. The van der Waals surface area contributed by atoms with Crippen LogP contribution in [0.15, 0.2) is 24.3 Å². The molecule has 0 spiro atoms. The summed E-state index contributed by atoms with van der Waals surface area (Å²) in [5.74, 6) is 1.28. The lowest BCUT2D eigenvalue weighted by atomic mass is 9.85. The van der Waals surface area contributed by atoms with E-state index in [0.717, 1.165) is 55.5 Å². The first kappa shape index (κ1) is 21.7. The van der Waals surface area contributed by atoms with Gasteiger partial charge in [0.1, 0.15) is 5.82 Å². The molecule has 1 saturated carbocycles. The van der Waals surface area contributed by atoms with Crippen molar-refractivity contribution in [2.45, 2.75) is 51.6 Å². The van der Waals surface area contributed by atoms with Crippen molar-refractivity contribution in [3.63, 3.8) is 0 Å². The maximum Gasteiger partial charge on any atom is 0.223 e. The summed E-state index contributed by atoms with van der Waals surface area (Å²) in [6.45, 7) is 3.65. The van der Waals surface area contributed by atoms with Crippen LogP contribution in [0.5, 0.6) is 0 Å². The molecule has 3 N–H and O–H groups in total. The van der Waals surface area contributed by atoms with Gasteiger partial charge < -0.3 is 15.6 Å². The van der Waals surface area contributed by atoms with Gasteiger partial charge in [-0.15, -0.1) is 24.8 Å². The Labute approximate surface area is 161 Å². The van der Waals surface area contributed by atoms with Crippen molar-refractivity contribution in [2.24, 2.45) is 11.7 Å². The zero-order chi connectivity index (χ0) is 16.2. The number of fused-ring (bicyclic) bond motifs is 1. The lowest BCUT2D eigenvalue weighted by molar-refractivity contribution is -0.126. The monoisotopic (exact) mass is 386 g/mol.